The molecule has 2 rings (SSSR count). The smallest absolute Gasteiger partial charge is 0.237 e. The number of nitrogens with zero attached hydrogens (tertiary/aromatic N) is 2. The van der Waals surface area contributed by atoms with Crippen LogP contribution in [0.25, 0.3) is 0 Å². The molecule has 2 aliphatic heterocycles. The van der Waals surface area contributed by atoms with Gasteiger partial charge in [-0.3, -0.25) is 19.2 Å². The quantitative estimate of drug-likeness (QED) is 0.276. The van der Waals surface area contributed by atoms with Gasteiger partial charge in [-0.1, -0.05) is 0 Å². The Morgan fingerprint density at radius 3 is 2.45 bits per heavy atom. The van der Waals surface area contributed by atoms with E-state index in [4.69, 9.17) is 0 Å². The Balaban J connectivity index is 1.74. The van der Waals surface area contributed by atoms with E-state index in [-0.39, 0.29) is 55.6 Å². The van der Waals surface area contributed by atoms with Gasteiger partial charge < -0.3 is 20.4 Å². The van der Waals surface area contributed by atoms with Gasteiger partial charge in [-0.05, 0) is 33.1 Å². The Bertz CT molecular complexity index is 817. The molecule has 2 aliphatic rings. The molecule has 0 spiro atoms. The van der Waals surface area contributed by atoms with Gasteiger partial charge in [0.25, 0.3) is 0 Å². The fraction of sp³-hybridized carbons (Fsp3) is 0.789. The van der Waals surface area contributed by atoms with Crippen LogP contribution in [-0.4, -0.2) is 93.9 Å². The van der Waals surface area contributed by atoms with Crippen LogP contribution in [0, 0.1) is 11.3 Å². The average Bonchev–Trinajstić information content (AvgIpc) is 3.03. The molecule has 2 atom stereocenters. The molecule has 4 amide bonds. The highest BCUT2D eigenvalue weighted by atomic mass is 32.2. The number of sulfonamides is 1. The summed E-state index contributed by atoms with van der Waals surface area (Å²) in [6.07, 6.45) is 1.73. The van der Waals surface area contributed by atoms with E-state index in [1.807, 2.05) is 0 Å². The van der Waals surface area contributed by atoms with E-state index in [2.05, 4.69) is 15.4 Å². The van der Waals surface area contributed by atoms with Crippen molar-refractivity contribution in [1.29, 1.82) is 0 Å². The molecule has 0 bridgehead atoms. The van der Waals surface area contributed by atoms with Crippen LogP contribution in [0.2, 0.25) is 0 Å². The predicted molar refractivity (Wildman–Crippen MR) is 113 cm³/mol. The van der Waals surface area contributed by atoms with Crippen molar-refractivity contribution in [2.75, 3.05) is 52.1 Å². The summed E-state index contributed by atoms with van der Waals surface area (Å²) in [4.78, 5) is 52.3. The second-order valence-electron chi connectivity index (χ2n) is 8.26. The van der Waals surface area contributed by atoms with Crippen molar-refractivity contribution in [2.24, 2.45) is 11.3 Å². The molecular formula is C19H33N5O6S. The standard InChI is InChI=1S/C19H33N5O6S/c1-4-31(29,30)22-12-15(25)24-10-5-6-14(13-24)16(26)20-8-9-21-17(27)19(2)7-11-23(3)18(19)28/h14,22H,4-13H2,1-3H3,(H,20,26)(H,21,27). The first-order chi connectivity index (χ1) is 14.5. The van der Waals surface area contributed by atoms with Gasteiger partial charge in [0.2, 0.25) is 33.7 Å². The topological polar surface area (TPSA) is 145 Å². The third-order valence-electron chi connectivity index (χ3n) is 5.95. The number of nitrogens with one attached hydrogen (secondary N) is 3. The fourth-order valence-electron chi connectivity index (χ4n) is 3.74. The largest absolute Gasteiger partial charge is 0.354 e. The summed E-state index contributed by atoms with van der Waals surface area (Å²) in [6.45, 7) is 4.45. The zero-order valence-corrected chi connectivity index (χ0v) is 19.2. The maximum atomic E-state index is 12.5. The van der Waals surface area contributed by atoms with Gasteiger partial charge in [0.1, 0.15) is 5.41 Å². The van der Waals surface area contributed by atoms with Gasteiger partial charge in [-0.15, -0.1) is 0 Å². The number of likely N-dealkylation sites (tertiary alicyclic amines) is 2. The normalized spacial score (nSPS) is 24.2. The van der Waals surface area contributed by atoms with Crippen molar-refractivity contribution >= 4 is 33.7 Å². The summed E-state index contributed by atoms with van der Waals surface area (Å²) in [5.74, 6) is -1.63. The second kappa shape index (κ2) is 10.4. The molecule has 0 aliphatic carbocycles. The fourth-order valence-corrected chi connectivity index (χ4v) is 4.28. The van der Waals surface area contributed by atoms with Crippen molar-refractivity contribution in [1.82, 2.24) is 25.2 Å². The molecule has 11 nitrogen and oxygen atoms in total. The predicted octanol–water partition coefficient (Wildman–Crippen LogP) is -1.73. The van der Waals surface area contributed by atoms with E-state index < -0.39 is 21.4 Å². The van der Waals surface area contributed by atoms with Crippen LogP contribution in [0.4, 0.5) is 0 Å². The summed E-state index contributed by atoms with van der Waals surface area (Å²) < 4.78 is 25.2. The molecule has 2 fully saturated rings. The van der Waals surface area contributed by atoms with Crippen LogP contribution in [0.3, 0.4) is 0 Å². The zero-order valence-electron chi connectivity index (χ0n) is 18.4. The van der Waals surface area contributed by atoms with Gasteiger partial charge >= 0.3 is 0 Å². The third-order valence-corrected chi connectivity index (χ3v) is 7.29. The molecule has 0 aromatic heterocycles. The molecule has 0 aromatic carbocycles. The first-order valence-corrected chi connectivity index (χ1v) is 12.2. The lowest BCUT2D eigenvalue weighted by Crippen LogP contribution is -2.49. The van der Waals surface area contributed by atoms with Crippen LogP contribution in [-0.2, 0) is 29.2 Å². The van der Waals surface area contributed by atoms with Crippen molar-refractivity contribution in [3.05, 3.63) is 0 Å². The van der Waals surface area contributed by atoms with Gasteiger partial charge in [0, 0.05) is 39.8 Å². The van der Waals surface area contributed by atoms with E-state index in [1.54, 1.807) is 14.0 Å². The van der Waals surface area contributed by atoms with E-state index in [0.717, 1.165) is 0 Å². The number of piperidine rings is 1. The highest BCUT2D eigenvalue weighted by Crippen LogP contribution is 2.30. The average molecular weight is 460 g/mol. The molecule has 0 radical (unpaired) electrons. The van der Waals surface area contributed by atoms with Crippen molar-refractivity contribution in [2.45, 2.75) is 33.1 Å². The second-order valence-corrected chi connectivity index (χ2v) is 10.4. The number of amides is 4. The highest BCUT2D eigenvalue weighted by Gasteiger charge is 2.47. The minimum atomic E-state index is -3.46. The molecule has 31 heavy (non-hydrogen) atoms. The Kier molecular flexibility index (Phi) is 8.41. The van der Waals surface area contributed by atoms with Crippen LogP contribution >= 0.6 is 0 Å². The Hall–Kier alpha value is -2.21. The van der Waals surface area contributed by atoms with Crippen LogP contribution < -0.4 is 15.4 Å². The summed E-state index contributed by atoms with van der Waals surface area (Å²) in [5, 5.41) is 5.46. The maximum absolute atomic E-state index is 12.5. The van der Waals surface area contributed by atoms with Crippen LogP contribution in [0.5, 0.6) is 0 Å². The zero-order chi connectivity index (χ0) is 23.2. The minimum Gasteiger partial charge on any atom is -0.354 e. The van der Waals surface area contributed by atoms with Crippen LogP contribution in [0.15, 0.2) is 0 Å². The lowest BCUT2D eigenvalue weighted by Gasteiger charge is -2.32. The summed E-state index contributed by atoms with van der Waals surface area (Å²) in [7, 11) is -1.79. The van der Waals surface area contributed by atoms with Crippen LogP contribution in [0.1, 0.15) is 33.1 Å². The van der Waals surface area contributed by atoms with Gasteiger partial charge in [-0.25, -0.2) is 13.1 Å². The van der Waals surface area contributed by atoms with E-state index in [0.29, 0.717) is 32.4 Å². The molecule has 0 aromatic rings. The van der Waals surface area contributed by atoms with Gasteiger partial charge in [0.15, 0.2) is 0 Å². The summed E-state index contributed by atoms with van der Waals surface area (Å²) in [6, 6.07) is 0. The number of carbonyl (C=O) groups is 4. The first-order valence-electron chi connectivity index (χ1n) is 10.6. The van der Waals surface area contributed by atoms with E-state index in [1.165, 1.54) is 16.7 Å². The summed E-state index contributed by atoms with van der Waals surface area (Å²) >= 11 is 0. The first kappa shape index (κ1) is 25.1. The summed E-state index contributed by atoms with van der Waals surface area (Å²) in [5.41, 5.74) is -1.07. The minimum absolute atomic E-state index is 0.105. The molecule has 12 heteroatoms. The Morgan fingerprint density at radius 1 is 1.16 bits per heavy atom. The molecule has 2 saturated heterocycles. The SMILES string of the molecule is CCS(=O)(=O)NCC(=O)N1CCCC(C(=O)NCCNC(=O)C2(C)CCN(C)C2=O)C1. The van der Waals surface area contributed by atoms with Gasteiger partial charge in [0.05, 0.1) is 18.2 Å². The third kappa shape index (κ3) is 6.39. The highest BCUT2D eigenvalue weighted by molar-refractivity contribution is 7.89. The van der Waals surface area contributed by atoms with Crippen molar-refractivity contribution in [3.63, 3.8) is 0 Å². The Morgan fingerprint density at radius 2 is 1.84 bits per heavy atom. The monoisotopic (exact) mass is 459 g/mol. The van der Waals surface area contributed by atoms with E-state index in [9.17, 15) is 27.6 Å². The van der Waals surface area contributed by atoms with Crippen molar-refractivity contribution in [3.8, 4) is 0 Å². The molecule has 2 unspecified atom stereocenters. The molecule has 0 saturated carbocycles. The maximum Gasteiger partial charge on any atom is 0.237 e. The lowest BCUT2D eigenvalue weighted by molar-refractivity contribution is -0.144. The van der Waals surface area contributed by atoms with E-state index >= 15 is 0 Å². The molecule has 3 N–H and O–H groups in total. The molecule has 2 heterocycles. The Labute approximate surface area is 183 Å². The number of hydrogen-bond acceptors (Lipinski definition) is 6. The van der Waals surface area contributed by atoms with Crippen molar-refractivity contribution < 1.29 is 27.6 Å². The number of carbonyl (C=O) groups excluding carboxylic acids is 4. The number of rotatable bonds is 9. The van der Waals surface area contributed by atoms with Gasteiger partial charge in [-0.2, -0.15) is 0 Å². The molecular weight excluding hydrogens is 426 g/mol. The molecule has 176 valence electrons. The lowest BCUT2D eigenvalue weighted by atomic mass is 9.88. The number of hydrogen-bond donors (Lipinski definition) is 3.